The first-order chi connectivity index (χ1) is 6.61. The number of rotatable bonds is 2. The van der Waals surface area contributed by atoms with Crippen molar-refractivity contribution in [2.45, 2.75) is 13.0 Å². The molecule has 0 aliphatic carbocycles. The van der Waals surface area contributed by atoms with Gasteiger partial charge in [0.25, 0.3) is 0 Å². The van der Waals surface area contributed by atoms with Crippen LogP contribution in [0.2, 0.25) is 0 Å². The molecular formula is C9H14N2O3. The fourth-order valence-electron chi connectivity index (χ4n) is 2.00. The van der Waals surface area contributed by atoms with E-state index in [4.69, 9.17) is 4.74 Å². The van der Waals surface area contributed by atoms with Gasteiger partial charge in [-0.15, -0.1) is 0 Å². The highest BCUT2D eigenvalue weighted by Crippen LogP contribution is 2.25. The van der Waals surface area contributed by atoms with E-state index in [-0.39, 0.29) is 24.0 Å². The molecule has 5 nitrogen and oxygen atoms in total. The summed E-state index contributed by atoms with van der Waals surface area (Å²) in [5, 5.41) is 0. The van der Waals surface area contributed by atoms with Crippen LogP contribution >= 0.6 is 0 Å². The quantitative estimate of drug-likeness (QED) is 0.583. The maximum Gasteiger partial charge on any atom is 0.410 e. The Bertz CT molecular complexity index is 267. The summed E-state index contributed by atoms with van der Waals surface area (Å²) >= 11 is 0. The van der Waals surface area contributed by atoms with Crippen molar-refractivity contribution in [2.75, 3.05) is 26.7 Å². The Labute approximate surface area is 82.6 Å². The van der Waals surface area contributed by atoms with Gasteiger partial charge < -0.3 is 14.5 Å². The normalized spacial score (nSPS) is 31.9. The number of hydrogen-bond donors (Lipinski definition) is 0. The van der Waals surface area contributed by atoms with Crippen LogP contribution in [0.15, 0.2) is 0 Å². The summed E-state index contributed by atoms with van der Waals surface area (Å²) in [6.07, 6.45) is -0.259. The van der Waals surface area contributed by atoms with E-state index < -0.39 is 0 Å². The van der Waals surface area contributed by atoms with Crippen molar-refractivity contribution < 1.29 is 14.3 Å². The number of β-lactam (4-membered cyclic amide) rings is 1. The van der Waals surface area contributed by atoms with Gasteiger partial charge in [0.1, 0.15) is 6.61 Å². The first-order valence-electron chi connectivity index (χ1n) is 4.79. The summed E-state index contributed by atoms with van der Waals surface area (Å²) in [6, 6.07) is 0.160. The second-order valence-electron chi connectivity index (χ2n) is 3.87. The van der Waals surface area contributed by atoms with Crippen molar-refractivity contribution in [1.82, 2.24) is 9.80 Å². The van der Waals surface area contributed by atoms with Crippen molar-refractivity contribution in [3.05, 3.63) is 0 Å². The molecule has 0 bridgehead atoms. The van der Waals surface area contributed by atoms with E-state index in [1.54, 1.807) is 16.8 Å². The van der Waals surface area contributed by atoms with E-state index in [1.807, 2.05) is 6.92 Å². The molecule has 2 saturated heterocycles. The van der Waals surface area contributed by atoms with Gasteiger partial charge in [0, 0.05) is 13.6 Å². The van der Waals surface area contributed by atoms with Gasteiger partial charge in [0.05, 0.1) is 18.5 Å². The smallest absolute Gasteiger partial charge is 0.410 e. The molecular weight excluding hydrogens is 184 g/mol. The van der Waals surface area contributed by atoms with Gasteiger partial charge >= 0.3 is 6.09 Å². The predicted molar refractivity (Wildman–Crippen MR) is 48.6 cm³/mol. The van der Waals surface area contributed by atoms with Gasteiger partial charge in [-0.3, -0.25) is 4.79 Å². The molecule has 0 aromatic carbocycles. The minimum absolute atomic E-state index is 0.0356. The molecule has 0 radical (unpaired) electrons. The van der Waals surface area contributed by atoms with Gasteiger partial charge in [-0.25, -0.2) is 4.79 Å². The second-order valence-corrected chi connectivity index (χ2v) is 3.87. The molecule has 2 atom stereocenters. The monoisotopic (exact) mass is 198 g/mol. The van der Waals surface area contributed by atoms with Gasteiger partial charge in [-0.1, -0.05) is 6.92 Å². The van der Waals surface area contributed by atoms with Crippen LogP contribution < -0.4 is 0 Å². The maximum atomic E-state index is 11.2. The van der Waals surface area contributed by atoms with Crippen molar-refractivity contribution >= 4 is 12.0 Å². The Morgan fingerprint density at radius 3 is 2.71 bits per heavy atom. The Hall–Kier alpha value is -1.26. The van der Waals surface area contributed by atoms with Crippen LogP contribution in [-0.4, -0.2) is 54.6 Å². The van der Waals surface area contributed by atoms with Crippen molar-refractivity contribution in [2.24, 2.45) is 5.92 Å². The average Bonchev–Trinajstić information content (AvgIpc) is 2.59. The third kappa shape index (κ3) is 1.23. The number of nitrogens with zero attached hydrogens (tertiary/aromatic N) is 2. The Morgan fingerprint density at radius 1 is 1.50 bits per heavy atom. The minimum atomic E-state index is -0.259. The van der Waals surface area contributed by atoms with E-state index in [0.29, 0.717) is 19.7 Å². The topological polar surface area (TPSA) is 49.9 Å². The number of carbonyl (C=O) groups is 2. The maximum absolute atomic E-state index is 11.2. The van der Waals surface area contributed by atoms with E-state index >= 15 is 0 Å². The number of likely N-dealkylation sites (N-methyl/N-ethyl adjacent to an activating group) is 1. The lowest BCUT2D eigenvalue weighted by atomic mass is 9.89. The molecule has 0 spiro atoms. The number of likely N-dealkylation sites (tertiary alicyclic amines) is 1. The molecule has 0 aromatic heterocycles. The summed E-state index contributed by atoms with van der Waals surface area (Å²) < 4.78 is 4.82. The third-order valence-electron chi connectivity index (χ3n) is 3.06. The second kappa shape index (κ2) is 3.15. The predicted octanol–water partition coefficient (Wildman–Crippen LogP) is -0.0847. The molecule has 2 fully saturated rings. The lowest BCUT2D eigenvalue weighted by Crippen LogP contribution is -2.61. The summed E-state index contributed by atoms with van der Waals surface area (Å²) in [5.41, 5.74) is 0. The number of ether oxygens (including phenoxy) is 1. The standard InChI is InChI=1S/C9H14N2O3/c1-6-7(10(2)8(6)12)5-11-3-4-14-9(11)13/h6-7H,3-5H2,1-2H3/t6-,7?/m1/s1. The minimum Gasteiger partial charge on any atom is -0.448 e. The summed E-state index contributed by atoms with van der Waals surface area (Å²) in [7, 11) is 1.77. The zero-order valence-electron chi connectivity index (χ0n) is 8.40. The van der Waals surface area contributed by atoms with E-state index in [1.165, 1.54) is 0 Å². The Kier molecular flexibility index (Phi) is 2.09. The number of amides is 2. The van der Waals surface area contributed by atoms with E-state index in [2.05, 4.69) is 0 Å². The third-order valence-corrected chi connectivity index (χ3v) is 3.06. The van der Waals surface area contributed by atoms with Gasteiger partial charge in [-0.05, 0) is 0 Å². The van der Waals surface area contributed by atoms with Crippen LogP contribution in [0.5, 0.6) is 0 Å². The average molecular weight is 198 g/mol. The lowest BCUT2D eigenvalue weighted by molar-refractivity contribution is -0.152. The molecule has 5 heteroatoms. The highest BCUT2D eigenvalue weighted by Gasteiger charge is 2.43. The van der Waals surface area contributed by atoms with Gasteiger partial charge in [0.15, 0.2) is 0 Å². The Balaban J connectivity index is 1.92. The first kappa shape index (κ1) is 9.30. The van der Waals surface area contributed by atoms with Crippen LogP contribution in [0, 0.1) is 5.92 Å². The number of hydrogen-bond acceptors (Lipinski definition) is 3. The van der Waals surface area contributed by atoms with Crippen LogP contribution in [0.4, 0.5) is 4.79 Å². The number of cyclic esters (lactones) is 1. The van der Waals surface area contributed by atoms with Gasteiger partial charge in [-0.2, -0.15) is 0 Å². The zero-order valence-corrected chi connectivity index (χ0v) is 8.40. The zero-order chi connectivity index (χ0) is 10.3. The molecule has 78 valence electrons. The molecule has 2 aliphatic heterocycles. The van der Waals surface area contributed by atoms with Crippen LogP contribution in [-0.2, 0) is 9.53 Å². The number of carbonyl (C=O) groups excluding carboxylic acids is 2. The summed E-state index contributed by atoms with van der Waals surface area (Å²) in [6.45, 7) is 3.61. The van der Waals surface area contributed by atoms with Crippen molar-refractivity contribution in [3.63, 3.8) is 0 Å². The van der Waals surface area contributed by atoms with Crippen molar-refractivity contribution in [3.8, 4) is 0 Å². The van der Waals surface area contributed by atoms with E-state index in [9.17, 15) is 9.59 Å². The van der Waals surface area contributed by atoms with Crippen LogP contribution in [0.25, 0.3) is 0 Å². The Morgan fingerprint density at radius 2 is 2.21 bits per heavy atom. The molecule has 2 aliphatic rings. The fourth-order valence-corrected chi connectivity index (χ4v) is 2.00. The molecule has 0 saturated carbocycles. The molecule has 2 heterocycles. The molecule has 1 unspecified atom stereocenters. The van der Waals surface area contributed by atoms with Crippen LogP contribution in [0.3, 0.4) is 0 Å². The SMILES string of the molecule is C[C@H]1C(=O)N(C)C1CN1CCOC1=O. The summed E-state index contributed by atoms with van der Waals surface area (Å²) in [4.78, 5) is 25.7. The molecule has 0 N–H and O–H groups in total. The largest absolute Gasteiger partial charge is 0.448 e. The van der Waals surface area contributed by atoms with Crippen molar-refractivity contribution in [1.29, 1.82) is 0 Å². The van der Waals surface area contributed by atoms with E-state index in [0.717, 1.165) is 0 Å². The lowest BCUT2D eigenvalue weighted by Gasteiger charge is -2.44. The molecule has 2 amide bonds. The molecule has 2 rings (SSSR count). The first-order valence-corrected chi connectivity index (χ1v) is 4.79. The highest BCUT2D eigenvalue weighted by molar-refractivity contribution is 5.85. The van der Waals surface area contributed by atoms with Crippen LogP contribution in [0.1, 0.15) is 6.92 Å². The van der Waals surface area contributed by atoms with Gasteiger partial charge in [0.2, 0.25) is 5.91 Å². The molecule has 0 aromatic rings. The fraction of sp³-hybridized carbons (Fsp3) is 0.778. The molecule has 14 heavy (non-hydrogen) atoms. The summed E-state index contributed by atoms with van der Waals surface area (Å²) in [5.74, 6) is 0.191. The highest BCUT2D eigenvalue weighted by atomic mass is 16.6.